The maximum absolute atomic E-state index is 13.3. The third kappa shape index (κ3) is 10.3. The number of anilines is 1. The molecule has 0 saturated carbocycles. The molecule has 3 aromatic rings. The minimum absolute atomic E-state index is 0.109. The lowest BCUT2D eigenvalue weighted by Gasteiger charge is -2.36. The number of hydrogen-bond acceptors (Lipinski definition) is 8. The molecule has 2 heterocycles. The van der Waals surface area contributed by atoms with Crippen LogP contribution in [0.25, 0.3) is 0 Å². The summed E-state index contributed by atoms with van der Waals surface area (Å²) in [4.78, 5) is 34.5. The van der Waals surface area contributed by atoms with Gasteiger partial charge in [0.05, 0.1) is 36.7 Å². The Labute approximate surface area is 265 Å². The average Bonchev–Trinajstić information content (AvgIpc) is 3.52. The molecule has 0 aliphatic carbocycles. The highest BCUT2D eigenvalue weighted by atomic mass is 16.5. The number of para-hydroxylation sites is 2. The van der Waals surface area contributed by atoms with Crippen LogP contribution in [-0.4, -0.2) is 90.0 Å². The van der Waals surface area contributed by atoms with E-state index in [9.17, 15) is 14.9 Å². The lowest BCUT2D eigenvalue weighted by atomic mass is 9.85. The number of benzene rings is 3. The van der Waals surface area contributed by atoms with Gasteiger partial charge in [0.25, 0.3) is 0 Å². The summed E-state index contributed by atoms with van der Waals surface area (Å²) in [5, 5.41) is 18.2. The minimum atomic E-state index is -0.676. The van der Waals surface area contributed by atoms with Crippen LogP contribution in [0.5, 0.6) is 11.5 Å². The SMILES string of the molecule is CCOc1ccc(C(C)(C)C#N)cc1C1=NCCN1C(=O)N1CCN(CC(N)=O)CC1.Nc1ccccc1.Oc1ccccc1. The minimum Gasteiger partial charge on any atom is -0.508 e. The monoisotopic (exact) mass is 613 g/mol. The van der Waals surface area contributed by atoms with Crippen molar-refractivity contribution in [3.63, 3.8) is 0 Å². The van der Waals surface area contributed by atoms with E-state index in [0.717, 1.165) is 16.8 Å². The predicted octanol–water partition coefficient (Wildman–Crippen LogP) is 3.83. The molecule has 1 saturated heterocycles. The largest absolute Gasteiger partial charge is 0.508 e. The van der Waals surface area contributed by atoms with Gasteiger partial charge in [0.2, 0.25) is 5.91 Å². The van der Waals surface area contributed by atoms with Crippen LogP contribution in [0.3, 0.4) is 0 Å². The Kier molecular flexibility index (Phi) is 12.8. The Bertz CT molecular complexity index is 1430. The molecule has 0 atom stereocenters. The van der Waals surface area contributed by atoms with Crippen molar-refractivity contribution in [1.82, 2.24) is 14.7 Å². The molecule has 1 fully saturated rings. The number of carbonyl (C=O) groups excluding carboxylic acids is 2. The second-order valence-electron chi connectivity index (χ2n) is 11.0. The molecular formula is C34H43N7O4. The van der Waals surface area contributed by atoms with Gasteiger partial charge in [-0.1, -0.05) is 42.5 Å². The van der Waals surface area contributed by atoms with Crippen molar-refractivity contribution in [3.8, 4) is 17.6 Å². The van der Waals surface area contributed by atoms with E-state index in [1.54, 1.807) is 34.1 Å². The quantitative estimate of drug-likeness (QED) is 0.356. The van der Waals surface area contributed by atoms with Gasteiger partial charge in [-0.05, 0) is 62.7 Å². The number of nitriles is 1. The summed E-state index contributed by atoms with van der Waals surface area (Å²) < 4.78 is 5.81. The Hall–Kier alpha value is -5.08. The van der Waals surface area contributed by atoms with Crippen LogP contribution in [0.1, 0.15) is 31.9 Å². The molecular weight excluding hydrogens is 570 g/mol. The van der Waals surface area contributed by atoms with Crippen molar-refractivity contribution in [3.05, 3.63) is 90.0 Å². The van der Waals surface area contributed by atoms with E-state index in [1.165, 1.54) is 0 Å². The van der Waals surface area contributed by atoms with Crippen LogP contribution >= 0.6 is 0 Å². The van der Waals surface area contributed by atoms with Crippen LogP contribution < -0.4 is 16.2 Å². The van der Waals surface area contributed by atoms with Gasteiger partial charge >= 0.3 is 6.03 Å². The van der Waals surface area contributed by atoms with Crippen molar-refractivity contribution in [1.29, 1.82) is 5.26 Å². The molecule has 0 bridgehead atoms. The fraction of sp³-hybridized carbons (Fsp3) is 0.353. The molecule has 11 heteroatoms. The Balaban J connectivity index is 0.000000320. The Morgan fingerprint density at radius 2 is 1.60 bits per heavy atom. The maximum Gasteiger partial charge on any atom is 0.325 e. The van der Waals surface area contributed by atoms with Crippen molar-refractivity contribution in [2.45, 2.75) is 26.2 Å². The van der Waals surface area contributed by atoms with Crippen LogP contribution in [0.4, 0.5) is 10.5 Å². The van der Waals surface area contributed by atoms with Gasteiger partial charge in [-0.2, -0.15) is 5.26 Å². The zero-order chi connectivity index (χ0) is 32.8. The second kappa shape index (κ2) is 16.7. The van der Waals surface area contributed by atoms with Crippen LogP contribution in [0.2, 0.25) is 0 Å². The van der Waals surface area contributed by atoms with Crippen LogP contribution in [0.15, 0.2) is 83.9 Å². The van der Waals surface area contributed by atoms with Gasteiger partial charge in [0.1, 0.15) is 17.3 Å². The van der Waals surface area contributed by atoms with Crippen LogP contribution in [0, 0.1) is 11.3 Å². The molecule has 11 nitrogen and oxygen atoms in total. The lowest BCUT2D eigenvalue weighted by molar-refractivity contribution is -0.119. The fourth-order valence-electron chi connectivity index (χ4n) is 4.67. The van der Waals surface area contributed by atoms with E-state index < -0.39 is 5.41 Å². The summed E-state index contributed by atoms with van der Waals surface area (Å²) >= 11 is 0. The molecule has 0 aromatic heterocycles. The molecule has 2 aliphatic heterocycles. The van der Waals surface area contributed by atoms with Gasteiger partial charge in [-0.15, -0.1) is 0 Å². The fourth-order valence-corrected chi connectivity index (χ4v) is 4.67. The zero-order valence-electron chi connectivity index (χ0n) is 26.2. The molecule has 0 radical (unpaired) electrons. The number of nitrogens with two attached hydrogens (primary N) is 2. The molecule has 3 aromatic carbocycles. The standard InChI is InChI=1S/C22H30N6O3.C6H7N.C6H6O/c1-4-31-18-6-5-16(22(2,3)15-23)13-17(18)20-25-7-8-28(20)21(30)27-11-9-26(10-12-27)14-19(24)29;2*7-6-4-2-1-3-5-6/h5-6,13H,4,7-12,14H2,1-3H3,(H2,24,29);1-5H,7H2;1-5,7H. The first-order valence-electron chi connectivity index (χ1n) is 14.9. The number of amides is 3. The number of nitrogen functional groups attached to an aromatic ring is 1. The van der Waals surface area contributed by atoms with E-state index in [4.69, 9.17) is 21.3 Å². The summed E-state index contributed by atoms with van der Waals surface area (Å²) in [7, 11) is 0. The van der Waals surface area contributed by atoms with Crippen LogP contribution in [-0.2, 0) is 10.2 Å². The number of hydrogen-bond donors (Lipinski definition) is 3. The number of aromatic hydroxyl groups is 1. The highest BCUT2D eigenvalue weighted by Gasteiger charge is 2.33. The number of carbonyl (C=O) groups is 2. The highest BCUT2D eigenvalue weighted by molar-refractivity contribution is 6.10. The Morgan fingerprint density at radius 1 is 0.978 bits per heavy atom. The maximum atomic E-state index is 13.3. The number of rotatable bonds is 6. The van der Waals surface area contributed by atoms with E-state index in [1.807, 2.05) is 80.3 Å². The zero-order valence-corrected chi connectivity index (χ0v) is 26.2. The summed E-state index contributed by atoms with van der Waals surface area (Å²) in [5.41, 5.74) is 12.3. The molecule has 0 unspecified atom stereocenters. The third-order valence-electron chi connectivity index (χ3n) is 7.17. The van der Waals surface area contributed by atoms with E-state index >= 15 is 0 Å². The van der Waals surface area contributed by atoms with E-state index in [-0.39, 0.29) is 18.5 Å². The average molecular weight is 614 g/mol. The highest BCUT2D eigenvalue weighted by Crippen LogP contribution is 2.30. The summed E-state index contributed by atoms with van der Waals surface area (Å²) in [6.07, 6.45) is 0. The molecule has 45 heavy (non-hydrogen) atoms. The lowest BCUT2D eigenvalue weighted by Crippen LogP contribution is -2.54. The molecule has 5 rings (SSSR count). The van der Waals surface area contributed by atoms with Gasteiger partial charge < -0.3 is 26.2 Å². The first-order valence-corrected chi connectivity index (χ1v) is 14.9. The number of urea groups is 1. The van der Waals surface area contributed by atoms with Crippen molar-refractivity contribution in [2.75, 3.05) is 58.2 Å². The number of primary amides is 1. The number of ether oxygens (including phenoxy) is 1. The van der Waals surface area contributed by atoms with Crippen molar-refractivity contribution >= 4 is 23.5 Å². The van der Waals surface area contributed by atoms with Gasteiger partial charge in [-0.25, -0.2) is 4.79 Å². The Morgan fingerprint density at radius 3 is 2.09 bits per heavy atom. The molecule has 238 valence electrons. The van der Waals surface area contributed by atoms with Crippen molar-refractivity contribution in [2.24, 2.45) is 10.7 Å². The number of piperazine rings is 1. The summed E-state index contributed by atoms with van der Waals surface area (Å²) in [6, 6.07) is 26.1. The number of phenolic OH excluding ortho intramolecular Hbond substituents is 1. The topological polar surface area (TPSA) is 162 Å². The normalized spacial score (nSPS) is 14.6. The summed E-state index contributed by atoms with van der Waals surface area (Å²) in [5.74, 6) is 1.17. The smallest absolute Gasteiger partial charge is 0.325 e. The number of amidine groups is 1. The van der Waals surface area contributed by atoms with Crippen molar-refractivity contribution < 1.29 is 19.4 Å². The molecule has 2 aliphatic rings. The summed E-state index contributed by atoms with van der Waals surface area (Å²) in [6.45, 7) is 9.57. The molecule has 5 N–H and O–H groups in total. The first kappa shape index (κ1) is 34.4. The number of nitrogens with zero attached hydrogens (tertiary/aromatic N) is 5. The molecule has 0 spiro atoms. The second-order valence-corrected chi connectivity index (χ2v) is 11.0. The molecule has 3 amide bonds. The van der Waals surface area contributed by atoms with Gasteiger partial charge in [-0.3, -0.25) is 19.6 Å². The predicted molar refractivity (Wildman–Crippen MR) is 176 cm³/mol. The number of aliphatic imine (C=N–C) groups is 1. The van der Waals surface area contributed by atoms with E-state index in [2.05, 4.69) is 11.1 Å². The first-order chi connectivity index (χ1) is 21.6. The van der Waals surface area contributed by atoms with Gasteiger partial charge in [0, 0.05) is 38.4 Å². The third-order valence-corrected chi connectivity index (χ3v) is 7.17. The van der Waals surface area contributed by atoms with E-state index in [0.29, 0.717) is 63.2 Å². The van der Waals surface area contributed by atoms with Gasteiger partial charge in [0.15, 0.2) is 0 Å². The number of phenols is 1.